The molecule has 0 unspecified atom stereocenters. The summed E-state index contributed by atoms with van der Waals surface area (Å²) in [5.74, 6) is -0.312. The molecule has 0 radical (unpaired) electrons. The van der Waals surface area contributed by atoms with Crippen molar-refractivity contribution in [3.63, 3.8) is 0 Å². The van der Waals surface area contributed by atoms with Crippen LogP contribution >= 0.6 is 0 Å². The number of rotatable bonds is 3. The molecule has 4 heteroatoms. The molecule has 0 bridgehead atoms. The molecular weight excluding hydrogens is 232 g/mol. The van der Waals surface area contributed by atoms with Gasteiger partial charge in [0.1, 0.15) is 17.8 Å². The normalized spacial score (nSPS) is 9.78. The third-order valence-corrected chi connectivity index (χ3v) is 2.29. The highest BCUT2D eigenvalue weighted by Gasteiger charge is 2.09. The minimum atomic E-state index is -0.589. The molecule has 2 rings (SSSR count). The van der Waals surface area contributed by atoms with Crippen LogP contribution in [-0.4, -0.2) is 17.4 Å². The van der Waals surface area contributed by atoms with Gasteiger partial charge >= 0.3 is 5.97 Å². The van der Waals surface area contributed by atoms with Crippen LogP contribution < -0.4 is 4.74 Å². The van der Waals surface area contributed by atoms with Gasteiger partial charge in [-0.25, -0.2) is 4.79 Å². The Morgan fingerprint density at radius 2 is 1.89 bits per heavy atom. The Hall–Kier alpha value is -2.62. The van der Waals surface area contributed by atoms with Crippen LogP contribution in [0.1, 0.15) is 20.7 Å². The fourth-order valence-electron chi connectivity index (χ4n) is 1.45. The molecule has 0 heterocycles. The lowest BCUT2D eigenvalue weighted by atomic mass is 10.2. The van der Waals surface area contributed by atoms with Crippen LogP contribution in [0, 0.1) is 0 Å². The number of carbonyl (C=O) groups is 2. The van der Waals surface area contributed by atoms with Crippen molar-refractivity contribution in [2.75, 3.05) is 0 Å². The molecule has 4 nitrogen and oxygen atoms in total. The summed E-state index contributed by atoms with van der Waals surface area (Å²) in [6.45, 7) is 0. The van der Waals surface area contributed by atoms with E-state index in [4.69, 9.17) is 4.74 Å². The smallest absolute Gasteiger partial charge is 0.343 e. The van der Waals surface area contributed by atoms with Crippen molar-refractivity contribution in [1.29, 1.82) is 0 Å². The topological polar surface area (TPSA) is 63.6 Å². The fraction of sp³-hybridized carbons (Fsp3) is 0. The SMILES string of the molecule is O=Cc1cccc(OC(=O)c2cccc(O)c2)c1. The second-order valence-electron chi connectivity index (χ2n) is 3.63. The summed E-state index contributed by atoms with van der Waals surface area (Å²) in [6.07, 6.45) is 0.672. The van der Waals surface area contributed by atoms with E-state index in [1.165, 1.54) is 24.3 Å². The predicted molar refractivity (Wildman–Crippen MR) is 64.9 cm³/mol. The maximum absolute atomic E-state index is 11.7. The molecule has 0 aliphatic heterocycles. The van der Waals surface area contributed by atoms with Crippen LogP contribution in [0.4, 0.5) is 0 Å². The molecule has 2 aromatic rings. The van der Waals surface area contributed by atoms with Crippen molar-refractivity contribution < 1.29 is 19.4 Å². The Morgan fingerprint density at radius 3 is 2.61 bits per heavy atom. The quantitative estimate of drug-likeness (QED) is 0.510. The summed E-state index contributed by atoms with van der Waals surface area (Å²) >= 11 is 0. The first-order chi connectivity index (χ1) is 8.69. The van der Waals surface area contributed by atoms with Crippen molar-refractivity contribution in [3.05, 3.63) is 59.7 Å². The largest absolute Gasteiger partial charge is 0.508 e. The first-order valence-electron chi connectivity index (χ1n) is 5.25. The van der Waals surface area contributed by atoms with Gasteiger partial charge in [-0.2, -0.15) is 0 Å². The second kappa shape index (κ2) is 5.14. The van der Waals surface area contributed by atoms with Gasteiger partial charge in [0, 0.05) is 5.56 Å². The maximum atomic E-state index is 11.7. The van der Waals surface area contributed by atoms with Crippen LogP contribution in [-0.2, 0) is 0 Å². The lowest BCUT2D eigenvalue weighted by Crippen LogP contribution is -2.08. The number of aromatic hydroxyl groups is 1. The van der Waals surface area contributed by atoms with Gasteiger partial charge < -0.3 is 9.84 Å². The summed E-state index contributed by atoms with van der Waals surface area (Å²) in [6, 6.07) is 12.1. The number of esters is 1. The van der Waals surface area contributed by atoms with Crippen LogP contribution in [0.3, 0.4) is 0 Å². The molecular formula is C14H10O4. The number of benzene rings is 2. The molecule has 0 aliphatic carbocycles. The molecule has 0 atom stereocenters. The molecule has 18 heavy (non-hydrogen) atoms. The first kappa shape index (κ1) is 11.9. The Morgan fingerprint density at radius 1 is 1.11 bits per heavy atom. The van der Waals surface area contributed by atoms with Gasteiger partial charge in [0.15, 0.2) is 0 Å². The molecule has 90 valence electrons. The number of aldehydes is 1. The van der Waals surface area contributed by atoms with E-state index in [2.05, 4.69) is 0 Å². The maximum Gasteiger partial charge on any atom is 0.343 e. The van der Waals surface area contributed by atoms with Gasteiger partial charge in [-0.05, 0) is 30.3 Å². The Kier molecular flexibility index (Phi) is 3.38. The zero-order valence-electron chi connectivity index (χ0n) is 9.37. The number of ether oxygens (including phenoxy) is 1. The molecule has 0 aliphatic rings. The minimum Gasteiger partial charge on any atom is -0.508 e. The summed E-state index contributed by atoms with van der Waals surface area (Å²) in [5, 5.41) is 9.26. The molecule has 0 spiro atoms. The van der Waals surface area contributed by atoms with E-state index in [1.54, 1.807) is 24.3 Å². The average molecular weight is 242 g/mol. The van der Waals surface area contributed by atoms with Gasteiger partial charge in [-0.3, -0.25) is 4.79 Å². The average Bonchev–Trinajstić information content (AvgIpc) is 2.39. The van der Waals surface area contributed by atoms with Crippen LogP contribution in [0.15, 0.2) is 48.5 Å². The van der Waals surface area contributed by atoms with E-state index >= 15 is 0 Å². The van der Waals surface area contributed by atoms with E-state index in [9.17, 15) is 14.7 Å². The van der Waals surface area contributed by atoms with E-state index < -0.39 is 5.97 Å². The molecule has 2 aromatic carbocycles. The second-order valence-corrected chi connectivity index (χ2v) is 3.63. The highest BCUT2D eigenvalue weighted by atomic mass is 16.5. The number of hydrogen-bond acceptors (Lipinski definition) is 4. The van der Waals surface area contributed by atoms with Gasteiger partial charge in [-0.1, -0.05) is 18.2 Å². The molecule has 0 amide bonds. The van der Waals surface area contributed by atoms with E-state index in [-0.39, 0.29) is 17.1 Å². The van der Waals surface area contributed by atoms with Crippen LogP contribution in [0.2, 0.25) is 0 Å². The van der Waals surface area contributed by atoms with Crippen LogP contribution in [0.25, 0.3) is 0 Å². The predicted octanol–water partition coefficient (Wildman–Crippen LogP) is 2.42. The van der Waals surface area contributed by atoms with Gasteiger partial charge in [0.2, 0.25) is 0 Å². The van der Waals surface area contributed by atoms with Crippen LogP contribution in [0.5, 0.6) is 11.5 Å². The monoisotopic (exact) mass is 242 g/mol. The Labute approximate surface area is 103 Å². The number of phenolic OH excluding ortho intramolecular Hbond substituents is 1. The van der Waals surface area contributed by atoms with Crippen molar-refractivity contribution in [3.8, 4) is 11.5 Å². The molecule has 1 N–H and O–H groups in total. The molecule has 0 fully saturated rings. The van der Waals surface area contributed by atoms with Crippen molar-refractivity contribution >= 4 is 12.3 Å². The number of hydrogen-bond donors (Lipinski definition) is 1. The van der Waals surface area contributed by atoms with E-state index in [1.807, 2.05) is 0 Å². The standard InChI is InChI=1S/C14H10O4/c15-9-10-3-1-6-13(7-10)18-14(17)11-4-2-5-12(16)8-11/h1-9,16H. The zero-order chi connectivity index (χ0) is 13.0. The molecule has 0 saturated heterocycles. The number of phenols is 1. The Bertz CT molecular complexity index is 590. The summed E-state index contributed by atoms with van der Waals surface area (Å²) in [4.78, 5) is 22.3. The highest BCUT2D eigenvalue weighted by molar-refractivity contribution is 5.91. The molecule has 0 aromatic heterocycles. The third kappa shape index (κ3) is 2.74. The van der Waals surface area contributed by atoms with Gasteiger partial charge in [0.05, 0.1) is 5.56 Å². The number of carbonyl (C=O) groups excluding carboxylic acids is 2. The van der Waals surface area contributed by atoms with E-state index in [0.717, 1.165) is 0 Å². The van der Waals surface area contributed by atoms with Crippen molar-refractivity contribution in [1.82, 2.24) is 0 Å². The van der Waals surface area contributed by atoms with Gasteiger partial charge in [-0.15, -0.1) is 0 Å². The summed E-state index contributed by atoms with van der Waals surface area (Å²) in [5.41, 5.74) is 0.669. The van der Waals surface area contributed by atoms with Crippen molar-refractivity contribution in [2.45, 2.75) is 0 Å². The lowest BCUT2D eigenvalue weighted by Gasteiger charge is -2.04. The first-order valence-corrected chi connectivity index (χ1v) is 5.25. The Balaban J connectivity index is 2.18. The minimum absolute atomic E-state index is 0.00825. The van der Waals surface area contributed by atoms with E-state index in [0.29, 0.717) is 11.8 Å². The third-order valence-electron chi connectivity index (χ3n) is 2.29. The zero-order valence-corrected chi connectivity index (χ0v) is 9.37. The fourth-order valence-corrected chi connectivity index (χ4v) is 1.45. The van der Waals surface area contributed by atoms with Gasteiger partial charge in [0.25, 0.3) is 0 Å². The molecule has 0 saturated carbocycles. The van der Waals surface area contributed by atoms with Crippen molar-refractivity contribution in [2.24, 2.45) is 0 Å². The lowest BCUT2D eigenvalue weighted by molar-refractivity contribution is 0.0733. The summed E-state index contributed by atoms with van der Waals surface area (Å²) < 4.78 is 5.09. The highest BCUT2D eigenvalue weighted by Crippen LogP contribution is 2.16. The summed E-state index contributed by atoms with van der Waals surface area (Å²) in [7, 11) is 0.